The second-order valence-corrected chi connectivity index (χ2v) is 13.8. The quantitative estimate of drug-likeness (QED) is 0.427. The van der Waals surface area contributed by atoms with Crippen molar-refractivity contribution >= 4 is 18.4 Å². The van der Waals surface area contributed by atoms with Crippen molar-refractivity contribution < 1.29 is 25.5 Å². The van der Waals surface area contributed by atoms with E-state index in [0.717, 1.165) is 11.1 Å². The highest BCUT2D eigenvalue weighted by molar-refractivity contribution is 7.88. The van der Waals surface area contributed by atoms with E-state index in [9.17, 15) is 21.6 Å². The molecular formula is C17H27F3O3SSi. The zero-order chi connectivity index (χ0) is 19.5. The van der Waals surface area contributed by atoms with Gasteiger partial charge < -0.3 is 3.87 Å². The van der Waals surface area contributed by atoms with Gasteiger partial charge in [0, 0.05) is 0 Å². The van der Waals surface area contributed by atoms with Crippen LogP contribution in [0.25, 0.3) is 0 Å². The molecule has 0 saturated heterocycles. The van der Waals surface area contributed by atoms with Gasteiger partial charge in [0.25, 0.3) is 0 Å². The molecule has 3 nitrogen and oxygen atoms in total. The standard InChI is InChI=1S/C17H27F3O3SSi/c1-13(2)25(14(3)4,23-24(21,22)17(18,19)20)12-6-7-16-10-8-15(5)9-11-16/h8-11,13-14H,6-7,12H2,1-5H3. The maximum Gasteiger partial charge on any atom is 0.522 e. The molecule has 1 rings (SSSR count). The lowest BCUT2D eigenvalue weighted by Crippen LogP contribution is -2.48. The number of hydrogen-bond donors (Lipinski definition) is 0. The van der Waals surface area contributed by atoms with Crippen LogP contribution >= 0.6 is 0 Å². The Morgan fingerprint density at radius 1 is 1.04 bits per heavy atom. The van der Waals surface area contributed by atoms with E-state index in [1.54, 1.807) is 27.7 Å². The highest BCUT2D eigenvalue weighted by Gasteiger charge is 2.54. The van der Waals surface area contributed by atoms with Gasteiger partial charge in [-0.2, -0.15) is 21.6 Å². The molecule has 0 radical (unpaired) electrons. The molecule has 0 bridgehead atoms. The Balaban J connectivity index is 2.98. The van der Waals surface area contributed by atoms with Gasteiger partial charge in [0.1, 0.15) is 0 Å². The molecule has 0 N–H and O–H groups in total. The lowest BCUT2D eigenvalue weighted by molar-refractivity contribution is -0.0505. The number of aryl methyl sites for hydroxylation is 2. The number of benzene rings is 1. The first-order valence-electron chi connectivity index (χ1n) is 8.39. The Morgan fingerprint density at radius 3 is 1.92 bits per heavy atom. The van der Waals surface area contributed by atoms with Crippen LogP contribution in [0.2, 0.25) is 17.1 Å². The molecule has 0 aliphatic carbocycles. The van der Waals surface area contributed by atoms with Crippen LogP contribution < -0.4 is 0 Å². The third kappa shape index (κ3) is 5.56. The largest absolute Gasteiger partial charge is 0.522 e. The molecule has 0 amide bonds. The second-order valence-electron chi connectivity index (χ2n) is 7.09. The minimum absolute atomic E-state index is 0.248. The zero-order valence-corrected chi connectivity index (χ0v) is 17.2. The van der Waals surface area contributed by atoms with Gasteiger partial charge in [0.2, 0.25) is 8.32 Å². The third-order valence-corrected chi connectivity index (χ3v) is 12.4. The van der Waals surface area contributed by atoms with Crippen LogP contribution in [0, 0.1) is 6.92 Å². The lowest BCUT2D eigenvalue weighted by atomic mass is 10.1. The van der Waals surface area contributed by atoms with Gasteiger partial charge in [0.05, 0.1) is 0 Å². The Kier molecular flexibility index (Phi) is 7.29. The summed E-state index contributed by atoms with van der Waals surface area (Å²) >= 11 is 0. The number of halogens is 3. The fourth-order valence-electron chi connectivity index (χ4n) is 3.05. The van der Waals surface area contributed by atoms with Crippen molar-refractivity contribution in [2.75, 3.05) is 0 Å². The minimum Gasteiger partial charge on any atom is -0.307 e. The van der Waals surface area contributed by atoms with Gasteiger partial charge in [-0.05, 0) is 42.5 Å². The van der Waals surface area contributed by atoms with E-state index in [2.05, 4.69) is 0 Å². The molecule has 0 unspecified atom stereocenters. The molecule has 0 aliphatic heterocycles. The number of hydrogen-bond acceptors (Lipinski definition) is 3. The summed E-state index contributed by atoms with van der Waals surface area (Å²) < 4.78 is 66.7. The van der Waals surface area contributed by atoms with Gasteiger partial charge in [-0.25, -0.2) is 0 Å². The van der Waals surface area contributed by atoms with E-state index in [1.165, 1.54) is 0 Å². The summed E-state index contributed by atoms with van der Waals surface area (Å²) in [6.07, 6.45) is 1.28. The molecule has 0 aliphatic rings. The normalized spacial score (nSPS) is 13.7. The van der Waals surface area contributed by atoms with Crippen LogP contribution in [0.15, 0.2) is 24.3 Å². The average molecular weight is 397 g/mol. The maximum atomic E-state index is 12.8. The molecule has 0 heterocycles. The van der Waals surface area contributed by atoms with Crippen molar-refractivity contribution in [3.05, 3.63) is 35.4 Å². The molecule has 1 aromatic rings. The van der Waals surface area contributed by atoms with Gasteiger partial charge in [-0.1, -0.05) is 57.5 Å². The maximum absolute atomic E-state index is 12.8. The predicted molar refractivity (Wildman–Crippen MR) is 96.3 cm³/mol. The van der Waals surface area contributed by atoms with Crippen molar-refractivity contribution in [3.8, 4) is 0 Å². The molecule has 0 fully saturated rings. The van der Waals surface area contributed by atoms with Gasteiger partial charge in [0.15, 0.2) is 0 Å². The Hall–Kier alpha value is -0.863. The molecule has 25 heavy (non-hydrogen) atoms. The molecule has 8 heteroatoms. The summed E-state index contributed by atoms with van der Waals surface area (Å²) in [6, 6.07) is 8.30. The number of rotatable bonds is 8. The van der Waals surface area contributed by atoms with E-state index < -0.39 is 23.9 Å². The van der Waals surface area contributed by atoms with Gasteiger partial charge in [-0.3, -0.25) is 0 Å². The molecule has 1 aromatic carbocycles. The Morgan fingerprint density at radius 2 is 1.52 bits per heavy atom. The van der Waals surface area contributed by atoms with Gasteiger partial charge >= 0.3 is 15.6 Å². The van der Waals surface area contributed by atoms with Crippen molar-refractivity contribution in [2.45, 2.75) is 70.1 Å². The van der Waals surface area contributed by atoms with Crippen LogP contribution in [0.3, 0.4) is 0 Å². The summed E-state index contributed by atoms with van der Waals surface area (Å²) in [5, 5.41) is 0. The molecule has 0 spiro atoms. The van der Waals surface area contributed by atoms with Crippen molar-refractivity contribution in [1.82, 2.24) is 0 Å². The van der Waals surface area contributed by atoms with E-state index in [0.29, 0.717) is 18.9 Å². The fraction of sp³-hybridized carbons (Fsp3) is 0.647. The van der Waals surface area contributed by atoms with E-state index in [-0.39, 0.29) is 11.1 Å². The van der Waals surface area contributed by atoms with Crippen LogP contribution in [0.1, 0.15) is 45.2 Å². The third-order valence-electron chi connectivity index (χ3n) is 4.66. The first kappa shape index (κ1) is 22.2. The molecule has 144 valence electrons. The summed E-state index contributed by atoms with van der Waals surface area (Å²) in [6.45, 7) is 9.00. The molecule has 0 saturated carbocycles. The van der Waals surface area contributed by atoms with E-state index >= 15 is 0 Å². The van der Waals surface area contributed by atoms with Crippen molar-refractivity contribution in [2.24, 2.45) is 0 Å². The Bertz CT molecular complexity index is 645. The van der Waals surface area contributed by atoms with Gasteiger partial charge in [-0.15, -0.1) is 0 Å². The van der Waals surface area contributed by atoms with E-state index in [1.807, 2.05) is 31.2 Å². The van der Waals surface area contributed by atoms with Crippen LogP contribution in [0.4, 0.5) is 13.2 Å². The second kappa shape index (κ2) is 8.22. The lowest BCUT2D eigenvalue weighted by Gasteiger charge is -2.37. The SMILES string of the molecule is Cc1ccc(CCC[Si](OS(=O)(=O)C(F)(F)F)(C(C)C)C(C)C)cc1. The monoisotopic (exact) mass is 396 g/mol. The number of alkyl halides is 3. The minimum atomic E-state index is -5.58. The molecule has 0 atom stereocenters. The summed E-state index contributed by atoms with van der Waals surface area (Å²) in [5.74, 6) is 0. The Labute approximate surface area is 149 Å². The molecular weight excluding hydrogens is 369 g/mol. The zero-order valence-electron chi connectivity index (χ0n) is 15.4. The van der Waals surface area contributed by atoms with Crippen LogP contribution in [-0.4, -0.2) is 22.2 Å². The first-order chi connectivity index (χ1) is 11.3. The summed E-state index contributed by atoms with van der Waals surface area (Å²) in [4.78, 5) is 0. The summed E-state index contributed by atoms with van der Waals surface area (Å²) in [5.41, 5.74) is -3.66. The highest BCUT2D eigenvalue weighted by atomic mass is 32.2. The van der Waals surface area contributed by atoms with Crippen LogP contribution in [0.5, 0.6) is 0 Å². The topological polar surface area (TPSA) is 43.4 Å². The van der Waals surface area contributed by atoms with Crippen LogP contribution in [-0.2, 0) is 20.4 Å². The fourth-order valence-corrected chi connectivity index (χ4v) is 10.2. The van der Waals surface area contributed by atoms with E-state index in [4.69, 9.17) is 3.87 Å². The first-order valence-corrected chi connectivity index (χ1v) is 12.1. The highest BCUT2D eigenvalue weighted by Crippen LogP contribution is 2.42. The summed E-state index contributed by atoms with van der Waals surface area (Å²) in [7, 11) is -8.75. The van der Waals surface area contributed by atoms with Crippen molar-refractivity contribution in [3.63, 3.8) is 0 Å². The molecule has 0 aromatic heterocycles. The smallest absolute Gasteiger partial charge is 0.307 e. The predicted octanol–water partition coefficient (Wildman–Crippen LogP) is 5.56. The van der Waals surface area contributed by atoms with Crippen molar-refractivity contribution in [1.29, 1.82) is 0 Å². The average Bonchev–Trinajstić information content (AvgIpc) is 2.46.